The van der Waals surface area contributed by atoms with E-state index in [1.807, 2.05) is 0 Å². The van der Waals surface area contributed by atoms with Gasteiger partial charge in [0.2, 0.25) is 0 Å². The number of nitrogens with one attached hydrogen (secondary N) is 1. The van der Waals surface area contributed by atoms with E-state index in [1.165, 1.54) is 37.3 Å². The van der Waals surface area contributed by atoms with E-state index < -0.39 is 11.9 Å². The minimum absolute atomic E-state index is 0.0687. The fourth-order valence-electron chi connectivity index (χ4n) is 1.57. The molecule has 0 spiro atoms. The summed E-state index contributed by atoms with van der Waals surface area (Å²) in [4.78, 5) is 22.7. The van der Waals surface area contributed by atoms with Crippen molar-refractivity contribution in [3.8, 4) is 5.75 Å². The fourth-order valence-corrected chi connectivity index (χ4v) is 1.57. The van der Waals surface area contributed by atoms with E-state index in [4.69, 9.17) is 4.74 Å². The van der Waals surface area contributed by atoms with Gasteiger partial charge < -0.3 is 4.74 Å². The molecule has 0 atom stereocenters. The maximum atomic E-state index is 12.9. The third-order valence-corrected chi connectivity index (χ3v) is 2.54. The second kappa shape index (κ2) is 5.97. The Kier molecular flexibility index (Phi) is 4.10. The van der Waals surface area contributed by atoms with Crippen LogP contribution in [0.2, 0.25) is 0 Å². The second-order valence-corrected chi connectivity index (χ2v) is 4.11. The highest BCUT2D eigenvalue weighted by molar-refractivity contribution is 5.94. The van der Waals surface area contributed by atoms with Gasteiger partial charge in [0.1, 0.15) is 11.6 Å². The van der Waals surface area contributed by atoms with Crippen molar-refractivity contribution in [2.75, 3.05) is 5.32 Å². The van der Waals surface area contributed by atoms with Gasteiger partial charge in [-0.2, -0.15) is 0 Å². The fraction of sp³-hybridized carbons (Fsp3) is 0.0667. The van der Waals surface area contributed by atoms with Crippen LogP contribution >= 0.6 is 0 Å². The van der Waals surface area contributed by atoms with Gasteiger partial charge in [-0.05, 0) is 49.4 Å². The quantitative estimate of drug-likeness (QED) is 0.868. The summed E-state index contributed by atoms with van der Waals surface area (Å²) in [5, 5.41) is 2.40. The number of amides is 1. The first-order chi connectivity index (χ1) is 9.54. The third-order valence-electron chi connectivity index (χ3n) is 2.54. The summed E-state index contributed by atoms with van der Waals surface area (Å²) in [7, 11) is 0. The van der Waals surface area contributed by atoms with Crippen LogP contribution in [-0.4, -0.2) is 11.9 Å². The van der Waals surface area contributed by atoms with Gasteiger partial charge in [-0.1, -0.05) is 6.07 Å². The molecule has 0 unspecified atom stereocenters. The molecule has 1 N–H and O–H groups in total. The first-order valence-corrected chi connectivity index (χ1v) is 5.90. The van der Waals surface area contributed by atoms with Crippen molar-refractivity contribution >= 4 is 17.6 Å². The van der Waals surface area contributed by atoms with Gasteiger partial charge in [-0.25, -0.2) is 9.18 Å². The van der Waals surface area contributed by atoms with Crippen LogP contribution in [-0.2, 0) is 0 Å². The largest absolute Gasteiger partial charge is 0.417 e. The zero-order valence-corrected chi connectivity index (χ0v) is 10.7. The summed E-state index contributed by atoms with van der Waals surface area (Å²) >= 11 is 0. The molecule has 0 aliphatic rings. The van der Waals surface area contributed by atoms with Gasteiger partial charge >= 0.3 is 6.09 Å². The first kappa shape index (κ1) is 13.7. The van der Waals surface area contributed by atoms with E-state index in [0.717, 1.165) is 0 Å². The van der Waals surface area contributed by atoms with Crippen LogP contribution in [0, 0.1) is 5.82 Å². The molecular formula is C15H12FNO3. The predicted molar refractivity (Wildman–Crippen MR) is 72.5 cm³/mol. The number of ketones is 1. The Labute approximate surface area is 115 Å². The monoisotopic (exact) mass is 273 g/mol. The number of Topliss-reactive ketones (excluding diaryl/α,β-unsaturated/α-hetero) is 1. The van der Waals surface area contributed by atoms with Crippen molar-refractivity contribution in [1.82, 2.24) is 0 Å². The molecule has 0 radical (unpaired) electrons. The van der Waals surface area contributed by atoms with Crippen LogP contribution in [0.1, 0.15) is 17.3 Å². The molecule has 0 aromatic heterocycles. The van der Waals surface area contributed by atoms with Crippen molar-refractivity contribution in [1.29, 1.82) is 0 Å². The van der Waals surface area contributed by atoms with E-state index in [9.17, 15) is 14.0 Å². The van der Waals surface area contributed by atoms with Gasteiger partial charge in [0.25, 0.3) is 0 Å². The molecule has 0 aliphatic heterocycles. The number of anilines is 1. The standard InChI is InChI=1S/C15H12FNO3/c1-10(18)11-5-7-14(8-6-11)20-15(19)17-13-4-2-3-12(16)9-13/h2-9H,1H3,(H,17,19). The molecule has 1 amide bonds. The first-order valence-electron chi connectivity index (χ1n) is 5.90. The summed E-state index contributed by atoms with van der Waals surface area (Å²) in [6.45, 7) is 1.45. The molecular weight excluding hydrogens is 261 g/mol. The normalized spacial score (nSPS) is 9.90. The Morgan fingerprint density at radius 3 is 2.40 bits per heavy atom. The second-order valence-electron chi connectivity index (χ2n) is 4.11. The molecule has 0 saturated carbocycles. The van der Waals surface area contributed by atoms with Crippen molar-refractivity contribution < 1.29 is 18.7 Å². The molecule has 0 aliphatic carbocycles. The summed E-state index contributed by atoms with van der Waals surface area (Å²) in [6, 6.07) is 11.6. The van der Waals surface area contributed by atoms with E-state index in [2.05, 4.69) is 5.32 Å². The van der Waals surface area contributed by atoms with Crippen LogP contribution < -0.4 is 10.1 Å². The van der Waals surface area contributed by atoms with Crippen molar-refractivity contribution in [3.63, 3.8) is 0 Å². The van der Waals surface area contributed by atoms with Gasteiger partial charge in [0.15, 0.2) is 5.78 Å². The Morgan fingerprint density at radius 1 is 1.10 bits per heavy atom. The molecule has 0 heterocycles. The molecule has 2 rings (SSSR count). The molecule has 2 aromatic carbocycles. The number of carbonyl (C=O) groups is 2. The molecule has 0 bridgehead atoms. The van der Waals surface area contributed by atoms with Crippen LogP contribution in [0.5, 0.6) is 5.75 Å². The maximum absolute atomic E-state index is 12.9. The van der Waals surface area contributed by atoms with Crippen molar-refractivity contribution in [3.05, 3.63) is 59.9 Å². The third kappa shape index (κ3) is 3.65. The number of rotatable bonds is 3. The van der Waals surface area contributed by atoms with Crippen molar-refractivity contribution in [2.45, 2.75) is 6.92 Å². The lowest BCUT2D eigenvalue weighted by atomic mass is 10.1. The lowest BCUT2D eigenvalue weighted by molar-refractivity contribution is 0.101. The molecule has 4 nitrogen and oxygen atoms in total. The van der Waals surface area contributed by atoms with E-state index >= 15 is 0 Å². The minimum atomic E-state index is -0.730. The number of hydrogen-bond donors (Lipinski definition) is 1. The Balaban J connectivity index is 1.99. The van der Waals surface area contributed by atoms with Gasteiger partial charge in [0, 0.05) is 11.3 Å². The summed E-state index contributed by atoms with van der Waals surface area (Å²) in [5.41, 5.74) is 0.832. The van der Waals surface area contributed by atoms with Crippen LogP contribution in [0.3, 0.4) is 0 Å². The summed E-state index contributed by atoms with van der Waals surface area (Å²) in [5.74, 6) is -0.224. The van der Waals surface area contributed by atoms with Gasteiger partial charge in [-0.3, -0.25) is 10.1 Å². The van der Waals surface area contributed by atoms with E-state index in [-0.39, 0.29) is 5.78 Å². The average molecular weight is 273 g/mol. The Hall–Kier alpha value is -2.69. The SMILES string of the molecule is CC(=O)c1ccc(OC(=O)Nc2cccc(F)c2)cc1. The highest BCUT2D eigenvalue weighted by Gasteiger charge is 2.06. The molecule has 102 valence electrons. The molecule has 0 saturated heterocycles. The van der Waals surface area contributed by atoms with Crippen LogP contribution in [0.4, 0.5) is 14.9 Å². The van der Waals surface area contributed by atoms with Crippen molar-refractivity contribution in [2.24, 2.45) is 0 Å². The highest BCUT2D eigenvalue weighted by Crippen LogP contribution is 2.14. The number of halogens is 1. The Bertz CT molecular complexity index is 638. The van der Waals surface area contributed by atoms with E-state index in [0.29, 0.717) is 17.0 Å². The Morgan fingerprint density at radius 2 is 1.80 bits per heavy atom. The molecule has 5 heteroatoms. The van der Waals surface area contributed by atoms with E-state index in [1.54, 1.807) is 18.2 Å². The topological polar surface area (TPSA) is 55.4 Å². The number of ether oxygens (including phenoxy) is 1. The summed E-state index contributed by atoms with van der Waals surface area (Å²) < 4.78 is 17.9. The smallest absolute Gasteiger partial charge is 0.410 e. The lowest BCUT2D eigenvalue weighted by Gasteiger charge is -2.07. The predicted octanol–water partition coefficient (Wildman–Crippen LogP) is 3.64. The lowest BCUT2D eigenvalue weighted by Crippen LogP contribution is -2.16. The minimum Gasteiger partial charge on any atom is -0.410 e. The number of carbonyl (C=O) groups excluding carboxylic acids is 2. The molecule has 20 heavy (non-hydrogen) atoms. The van der Waals surface area contributed by atoms with Gasteiger partial charge in [-0.15, -0.1) is 0 Å². The zero-order chi connectivity index (χ0) is 14.5. The number of benzene rings is 2. The summed E-state index contributed by atoms with van der Waals surface area (Å²) in [6.07, 6.45) is -0.730. The molecule has 0 fully saturated rings. The maximum Gasteiger partial charge on any atom is 0.417 e. The van der Waals surface area contributed by atoms with Gasteiger partial charge in [0.05, 0.1) is 0 Å². The zero-order valence-electron chi connectivity index (χ0n) is 10.7. The average Bonchev–Trinajstić information content (AvgIpc) is 2.39. The van der Waals surface area contributed by atoms with Crippen LogP contribution in [0.15, 0.2) is 48.5 Å². The molecule has 2 aromatic rings. The highest BCUT2D eigenvalue weighted by atomic mass is 19.1. The number of hydrogen-bond acceptors (Lipinski definition) is 3. The van der Waals surface area contributed by atoms with Crippen LogP contribution in [0.25, 0.3) is 0 Å².